The SMILES string of the molecule is COc1ccc(OC)c(/C=C/C(=O)OCC(=O)Nc2ccc(Br)cc2)c1. The first-order chi connectivity index (χ1) is 12.5. The first kappa shape index (κ1) is 19.5. The molecule has 1 N–H and O–H groups in total. The van der Waals surface area contributed by atoms with Gasteiger partial charge in [0.2, 0.25) is 0 Å². The molecule has 0 aromatic heterocycles. The highest BCUT2D eigenvalue weighted by Gasteiger charge is 2.07. The summed E-state index contributed by atoms with van der Waals surface area (Å²) >= 11 is 3.31. The van der Waals surface area contributed by atoms with Gasteiger partial charge in [-0.3, -0.25) is 4.79 Å². The number of amides is 1. The van der Waals surface area contributed by atoms with Crippen molar-refractivity contribution in [2.24, 2.45) is 0 Å². The van der Waals surface area contributed by atoms with Gasteiger partial charge in [0, 0.05) is 21.8 Å². The maximum absolute atomic E-state index is 11.8. The van der Waals surface area contributed by atoms with Gasteiger partial charge in [0.15, 0.2) is 6.61 Å². The highest BCUT2D eigenvalue weighted by atomic mass is 79.9. The Balaban J connectivity index is 1.89. The van der Waals surface area contributed by atoms with Crippen LogP contribution in [0.4, 0.5) is 5.69 Å². The fraction of sp³-hybridized carbons (Fsp3) is 0.158. The Morgan fingerprint density at radius 3 is 2.46 bits per heavy atom. The fourth-order valence-corrected chi connectivity index (χ4v) is 2.31. The minimum Gasteiger partial charge on any atom is -0.497 e. The molecule has 0 saturated heterocycles. The molecular formula is C19H18BrNO5. The zero-order chi connectivity index (χ0) is 18.9. The van der Waals surface area contributed by atoms with Gasteiger partial charge in [-0.05, 0) is 48.5 Å². The van der Waals surface area contributed by atoms with Crippen LogP contribution in [0.1, 0.15) is 5.56 Å². The predicted molar refractivity (Wildman–Crippen MR) is 102 cm³/mol. The normalized spacial score (nSPS) is 10.4. The molecule has 0 saturated carbocycles. The lowest BCUT2D eigenvalue weighted by molar-refractivity contribution is -0.142. The maximum atomic E-state index is 11.8. The van der Waals surface area contributed by atoms with E-state index in [0.717, 1.165) is 4.47 Å². The first-order valence-electron chi connectivity index (χ1n) is 7.64. The standard InChI is InChI=1S/C19H18BrNO5/c1-24-16-8-9-17(25-2)13(11-16)3-10-19(23)26-12-18(22)21-15-6-4-14(20)5-7-15/h3-11H,12H2,1-2H3,(H,21,22)/b10-3+. The summed E-state index contributed by atoms with van der Waals surface area (Å²) in [6, 6.07) is 12.3. The largest absolute Gasteiger partial charge is 0.497 e. The number of anilines is 1. The molecule has 2 aromatic rings. The number of hydrogen-bond acceptors (Lipinski definition) is 5. The van der Waals surface area contributed by atoms with Crippen LogP contribution in [-0.2, 0) is 14.3 Å². The number of esters is 1. The van der Waals surface area contributed by atoms with Crippen LogP contribution in [0.3, 0.4) is 0 Å². The van der Waals surface area contributed by atoms with E-state index >= 15 is 0 Å². The van der Waals surface area contributed by atoms with E-state index in [0.29, 0.717) is 22.7 Å². The molecule has 0 aliphatic carbocycles. The number of benzene rings is 2. The van der Waals surface area contributed by atoms with Crippen LogP contribution in [0.2, 0.25) is 0 Å². The number of rotatable bonds is 7. The van der Waals surface area contributed by atoms with E-state index in [4.69, 9.17) is 14.2 Å². The highest BCUT2D eigenvalue weighted by molar-refractivity contribution is 9.10. The Hall–Kier alpha value is -2.80. The van der Waals surface area contributed by atoms with Gasteiger partial charge < -0.3 is 19.5 Å². The Kier molecular flexibility index (Phi) is 7.23. The number of carbonyl (C=O) groups excluding carboxylic acids is 2. The second-order valence-electron chi connectivity index (χ2n) is 5.10. The van der Waals surface area contributed by atoms with Crippen molar-refractivity contribution in [3.63, 3.8) is 0 Å². The third kappa shape index (κ3) is 5.93. The maximum Gasteiger partial charge on any atom is 0.331 e. The van der Waals surface area contributed by atoms with Gasteiger partial charge in [-0.25, -0.2) is 4.79 Å². The predicted octanol–water partition coefficient (Wildman–Crippen LogP) is 3.66. The van der Waals surface area contributed by atoms with Crippen LogP contribution in [0.25, 0.3) is 6.08 Å². The second kappa shape index (κ2) is 9.62. The van der Waals surface area contributed by atoms with Crippen molar-refractivity contribution in [1.29, 1.82) is 0 Å². The minimum atomic E-state index is -0.638. The number of ether oxygens (including phenoxy) is 3. The summed E-state index contributed by atoms with van der Waals surface area (Å²) in [5, 5.41) is 2.63. The summed E-state index contributed by atoms with van der Waals surface area (Å²) in [7, 11) is 3.08. The minimum absolute atomic E-state index is 0.380. The van der Waals surface area contributed by atoms with Crippen molar-refractivity contribution < 1.29 is 23.8 Å². The first-order valence-corrected chi connectivity index (χ1v) is 8.43. The number of carbonyl (C=O) groups is 2. The fourth-order valence-electron chi connectivity index (χ4n) is 2.04. The molecule has 26 heavy (non-hydrogen) atoms. The van der Waals surface area contributed by atoms with Gasteiger partial charge in [0.25, 0.3) is 5.91 Å². The van der Waals surface area contributed by atoms with E-state index in [9.17, 15) is 9.59 Å². The third-order valence-electron chi connectivity index (χ3n) is 3.31. The molecule has 0 spiro atoms. The lowest BCUT2D eigenvalue weighted by Gasteiger charge is -2.07. The van der Waals surface area contributed by atoms with Crippen LogP contribution >= 0.6 is 15.9 Å². The molecule has 136 valence electrons. The molecule has 6 nitrogen and oxygen atoms in total. The third-order valence-corrected chi connectivity index (χ3v) is 3.84. The van der Waals surface area contributed by atoms with E-state index in [-0.39, 0.29) is 6.61 Å². The molecule has 2 aromatic carbocycles. The summed E-state index contributed by atoms with van der Waals surface area (Å²) in [5.74, 6) is 0.157. The van der Waals surface area contributed by atoms with E-state index in [1.807, 2.05) is 0 Å². The molecule has 0 unspecified atom stereocenters. The quantitative estimate of drug-likeness (QED) is 0.547. The average molecular weight is 420 g/mol. The van der Waals surface area contributed by atoms with Gasteiger partial charge in [0.05, 0.1) is 14.2 Å². The molecular weight excluding hydrogens is 402 g/mol. The molecule has 0 aliphatic heterocycles. The van der Waals surface area contributed by atoms with Crippen LogP contribution < -0.4 is 14.8 Å². The Morgan fingerprint density at radius 2 is 1.81 bits per heavy atom. The van der Waals surface area contributed by atoms with E-state index in [2.05, 4.69) is 21.2 Å². The zero-order valence-electron chi connectivity index (χ0n) is 14.3. The van der Waals surface area contributed by atoms with E-state index in [1.165, 1.54) is 19.3 Å². The molecule has 0 radical (unpaired) electrons. The van der Waals surface area contributed by atoms with Crippen LogP contribution in [-0.4, -0.2) is 32.7 Å². The van der Waals surface area contributed by atoms with Crippen LogP contribution in [0, 0.1) is 0 Å². The average Bonchev–Trinajstić information content (AvgIpc) is 2.66. The number of halogens is 1. The topological polar surface area (TPSA) is 73.9 Å². The number of methoxy groups -OCH3 is 2. The van der Waals surface area contributed by atoms with E-state index < -0.39 is 11.9 Å². The molecule has 0 fully saturated rings. The number of nitrogens with one attached hydrogen (secondary N) is 1. The monoisotopic (exact) mass is 419 g/mol. The second-order valence-corrected chi connectivity index (χ2v) is 6.02. The van der Waals surface area contributed by atoms with Crippen LogP contribution in [0.15, 0.2) is 53.0 Å². The molecule has 0 bridgehead atoms. The van der Waals surface area contributed by atoms with Crippen molar-refractivity contribution in [1.82, 2.24) is 0 Å². The van der Waals surface area contributed by atoms with Gasteiger partial charge in [-0.15, -0.1) is 0 Å². The van der Waals surface area contributed by atoms with Crippen molar-refractivity contribution >= 4 is 39.6 Å². The summed E-state index contributed by atoms with van der Waals surface area (Å²) in [4.78, 5) is 23.6. The van der Waals surface area contributed by atoms with Gasteiger partial charge in [-0.1, -0.05) is 15.9 Å². The Labute approximate surface area is 159 Å². The van der Waals surface area contributed by atoms with Gasteiger partial charge in [0.1, 0.15) is 11.5 Å². The van der Waals surface area contributed by atoms with Crippen molar-refractivity contribution in [2.45, 2.75) is 0 Å². The smallest absolute Gasteiger partial charge is 0.331 e. The Bertz CT molecular complexity index is 802. The highest BCUT2D eigenvalue weighted by Crippen LogP contribution is 2.25. The molecule has 2 rings (SSSR count). The van der Waals surface area contributed by atoms with Gasteiger partial charge in [-0.2, -0.15) is 0 Å². The lowest BCUT2D eigenvalue weighted by atomic mass is 10.1. The number of hydrogen-bond donors (Lipinski definition) is 1. The van der Waals surface area contributed by atoms with Crippen LogP contribution in [0.5, 0.6) is 11.5 Å². The van der Waals surface area contributed by atoms with Crippen molar-refractivity contribution in [3.05, 3.63) is 58.6 Å². The molecule has 0 atom stereocenters. The molecule has 0 heterocycles. The summed E-state index contributed by atoms with van der Waals surface area (Å²) < 4.78 is 16.2. The Morgan fingerprint density at radius 1 is 1.08 bits per heavy atom. The molecule has 7 heteroatoms. The summed E-state index contributed by atoms with van der Waals surface area (Å²) in [5.41, 5.74) is 1.27. The zero-order valence-corrected chi connectivity index (χ0v) is 15.9. The lowest BCUT2D eigenvalue weighted by Crippen LogP contribution is -2.20. The van der Waals surface area contributed by atoms with Crippen molar-refractivity contribution in [2.75, 3.05) is 26.1 Å². The summed E-state index contributed by atoms with van der Waals surface area (Å²) in [6.07, 6.45) is 2.76. The molecule has 0 aliphatic rings. The molecule has 1 amide bonds. The van der Waals surface area contributed by atoms with E-state index in [1.54, 1.807) is 49.6 Å². The van der Waals surface area contributed by atoms with Gasteiger partial charge >= 0.3 is 5.97 Å². The summed E-state index contributed by atoms with van der Waals surface area (Å²) in [6.45, 7) is -0.380. The van der Waals surface area contributed by atoms with Crippen molar-refractivity contribution in [3.8, 4) is 11.5 Å².